The number of benzene rings is 2. The van der Waals surface area contributed by atoms with E-state index in [-0.39, 0.29) is 29.9 Å². The van der Waals surface area contributed by atoms with E-state index >= 15 is 0 Å². The van der Waals surface area contributed by atoms with Crippen LogP contribution in [0.5, 0.6) is 11.5 Å². The van der Waals surface area contributed by atoms with Crippen LogP contribution < -0.4 is 14.5 Å². The summed E-state index contributed by atoms with van der Waals surface area (Å²) in [6.45, 7) is 6.76. The number of hydrogen-bond acceptors (Lipinski definition) is 6. The number of rotatable bonds is 12. The van der Waals surface area contributed by atoms with E-state index in [1.807, 2.05) is 42.5 Å². The number of piperidine rings is 1. The highest BCUT2D eigenvalue weighted by molar-refractivity contribution is 6.09. The fourth-order valence-corrected chi connectivity index (χ4v) is 5.90. The van der Waals surface area contributed by atoms with Crippen LogP contribution in [0.2, 0.25) is 0 Å². The van der Waals surface area contributed by atoms with E-state index in [9.17, 15) is 19.8 Å². The first-order valence-electron chi connectivity index (χ1n) is 15.0. The van der Waals surface area contributed by atoms with Crippen molar-refractivity contribution in [3.05, 3.63) is 78.0 Å². The maximum atomic E-state index is 13.9. The number of nitrogens with zero attached hydrogens (tertiary/aromatic N) is 3. The first-order valence-corrected chi connectivity index (χ1v) is 15.0. The molecule has 0 spiro atoms. The molecule has 1 aromatic heterocycles. The molecule has 5 rings (SSSR count). The molecular formula is C34H41N3O5. The van der Waals surface area contributed by atoms with Gasteiger partial charge in [-0.1, -0.05) is 32.0 Å². The number of anilines is 2. The molecule has 0 bridgehead atoms. The van der Waals surface area contributed by atoms with Gasteiger partial charge in [0.15, 0.2) is 0 Å². The summed E-state index contributed by atoms with van der Waals surface area (Å²) in [5.74, 6) is 1.75. The number of phenolic OH excluding ortho intramolecular Hbond substituents is 1. The quantitative estimate of drug-likeness (QED) is 0.261. The molecule has 1 saturated carbocycles. The highest BCUT2D eigenvalue weighted by atomic mass is 16.5. The number of amides is 1. The molecule has 3 aromatic rings. The van der Waals surface area contributed by atoms with Gasteiger partial charge < -0.3 is 19.8 Å². The largest absolute Gasteiger partial charge is 0.508 e. The van der Waals surface area contributed by atoms with Gasteiger partial charge in [0.1, 0.15) is 17.3 Å². The molecule has 1 unspecified atom stereocenters. The minimum absolute atomic E-state index is 0.0441. The summed E-state index contributed by atoms with van der Waals surface area (Å²) in [4.78, 5) is 33.6. The molecular weight excluding hydrogens is 530 g/mol. The van der Waals surface area contributed by atoms with Gasteiger partial charge in [-0.2, -0.15) is 0 Å². The third-order valence-electron chi connectivity index (χ3n) is 8.24. The molecule has 2 fully saturated rings. The number of phenols is 1. The van der Waals surface area contributed by atoms with Gasteiger partial charge in [-0.05, 0) is 91.3 Å². The first kappa shape index (κ1) is 29.4. The van der Waals surface area contributed by atoms with Gasteiger partial charge >= 0.3 is 5.97 Å². The lowest BCUT2D eigenvalue weighted by molar-refractivity contribution is -0.137. The molecule has 2 aliphatic rings. The summed E-state index contributed by atoms with van der Waals surface area (Å²) in [5.41, 5.74) is 2.34. The molecule has 2 heterocycles. The van der Waals surface area contributed by atoms with E-state index in [4.69, 9.17) is 4.74 Å². The highest BCUT2D eigenvalue weighted by Crippen LogP contribution is 2.45. The van der Waals surface area contributed by atoms with Crippen LogP contribution in [-0.4, -0.2) is 53.3 Å². The Kier molecular flexibility index (Phi) is 9.30. The lowest BCUT2D eigenvalue weighted by atomic mass is 9.91. The number of aromatic hydroxyl groups is 1. The molecule has 2 aromatic carbocycles. The molecule has 1 aliphatic heterocycles. The number of pyridine rings is 1. The van der Waals surface area contributed by atoms with Crippen LogP contribution in [0.4, 0.5) is 11.5 Å². The molecule has 1 atom stereocenters. The Bertz CT molecular complexity index is 1370. The van der Waals surface area contributed by atoms with Crippen molar-refractivity contribution in [2.24, 2.45) is 17.8 Å². The SMILES string of the molecule is CC(C)CN(C(=O)c1ccc(O)cc1N1CCC(COc2cccc(C(CC(=O)O)C3CC3)c2)CC1)c1ccccn1. The van der Waals surface area contributed by atoms with E-state index in [0.717, 1.165) is 55.8 Å². The van der Waals surface area contributed by atoms with Crippen molar-refractivity contribution >= 4 is 23.4 Å². The molecule has 8 nitrogen and oxygen atoms in total. The van der Waals surface area contributed by atoms with Crippen LogP contribution in [0.25, 0.3) is 0 Å². The zero-order valence-corrected chi connectivity index (χ0v) is 24.5. The normalized spacial score (nSPS) is 16.3. The lowest BCUT2D eigenvalue weighted by Gasteiger charge is -2.35. The molecule has 1 saturated heterocycles. The minimum atomic E-state index is -0.758. The summed E-state index contributed by atoms with van der Waals surface area (Å²) < 4.78 is 6.21. The van der Waals surface area contributed by atoms with Crippen molar-refractivity contribution in [1.82, 2.24) is 4.98 Å². The van der Waals surface area contributed by atoms with Crippen LogP contribution in [0.3, 0.4) is 0 Å². The topological polar surface area (TPSA) is 103 Å². The van der Waals surface area contributed by atoms with Crippen molar-refractivity contribution in [3.8, 4) is 11.5 Å². The smallest absolute Gasteiger partial charge is 0.303 e. The predicted molar refractivity (Wildman–Crippen MR) is 163 cm³/mol. The van der Waals surface area contributed by atoms with Crippen molar-refractivity contribution in [2.45, 2.75) is 51.9 Å². The van der Waals surface area contributed by atoms with Gasteiger partial charge in [0, 0.05) is 31.9 Å². The summed E-state index contributed by atoms with van der Waals surface area (Å²) in [6.07, 6.45) is 5.81. The van der Waals surface area contributed by atoms with Crippen molar-refractivity contribution < 1.29 is 24.5 Å². The second-order valence-corrected chi connectivity index (χ2v) is 12.1. The van der Waals surface area contributed by atoms with E-state index < -0.39 is 5.97 Å². The predicted octanol–water partition coefficient (Wildman–Crippen LogP) is 6.35. The summed E-state index contributed by atoms with van der Waals surface area (Å²) in [6, 6.07) is 18.5. The summed E-state index contributed by atoms with van der Waals surface area (Å²) in [7, 11) is 0. The van der Waals surface area contributed by atoms with Crippen LogP contribution in [0.1, 0.15) is 67.8 Å². The molecule has 1 amide bonds. The minimum Gasteiger partial charge on any atom is -0.508 e. The van der Waals surface area contributed by atoms with Gasteiger partial charge in [0.2, 0.25) is 0 Å². The average molecular weight is 572 g/mol. The summed E-state index contributed by atoms with van der Waals surface area (Å²) in [5, 5.41) is 19.7. The van der Waals surface area contributed by atoms with Crippen LogP contribution >= 0.6 is 0 Å². The number of carbonyl (C=O) groups excluding carboxylic acids is 1. The van der Waals surface area contributed by atoms with Crippen molar-refractivity contribution in [3.63, 3.8) is 0 Å². The number of hydrogen-bond donors (Lipinski definition) is 2. The lowest BCUT2D eigenvalue weighted by Crippen LogP contribution is -2.39. The maximum Gasteiger partial charge on any atom is 0.303 e. The standard InChI is InChI=1S/C34H41N3O5/c1-23(2)21-37(32-8-3-4-15-35-32)34(41)29-12-11-27(38)19-31(29)36-16-13-24(14-17-36)22-42-28-7-5-6-26(18-28)30(20-33(39)40)25-9-10-25/h3-8,11-12,15,18-19,23-25,30,38H,9-10,13-14,16-17,20-22H2,1-2H3,(H,39,40). The zero-order chi connectivity index (χ0) is 29.6. The second kappa shape index (κ2) is 13.3. The van der Waals surface area contributed by atoms with Crippen molar-refractivity contribution in [1.29, 1.82) is 0 Å². The molecule has 42 heavy (non-hydrogen) atoms. The Balaban J connectivity index is 1.23. The Morgan fingerprint density at radius 1 is 1.02 bits per heavy atom. The van der Waals surface area contributed by atoms with E-state index in [1.54, 1.807) is 29.3 Å². The monoisotopic (exact) mass is 571 g/mol. The van der Waals surface area contributed by atoms with Crippen LogP contribution in [0.15, 0.2) is 66.9 Å². The van der Waals surface area contributed by atoms with Crippen molar-refractivity contribution in [2.75, 3.05) is 36.0 Å². The van der Waals surface area contributed by atoms with Crippen LogP contribution in [-0.2, 0) is 4.79 Å². The van der Waals surface area contributed by atoms with Gasteiger partial charge in [-0.3, -0.25) is 14.5 Å². The van der Waals surface area contributed by atoms with Gasteiger partial charge in [0.05, 0.1) is 24.3 Å². The number of carboxylic acids is 1. The maximum absolute atomic E-state index is 13.9. The number of carbonyl (C=O) groups is 2. The average Bonchev–Trinajstić information content (AvgIpc) is 3.83. The highest BCUT2D eigenvalue weighted by Gasteiger charge is 2.34. The number of aromatic nitrogens is 1. The molecule has 1 aliphatic carbocycles. The molecule has 222 valence electrons. The molecule has 0 radical (unpaired) electrons. The van der Waals surface area contributed by atoms with Gasteiger partial charge in [0.25, 0.3) is 5.91 Å². The molecule has 8 heteroatoms. The Hall–Kier alpha value is -4.07. The van der Waals surface area contributed by atoms with E-state index in [2.05, 4.69) is 23.7 Å². The van der Waals surface area contributed by atoms with Crippen LogP contribution in [0, 0.1) is 17.8 Å². The van der Waals surface area contributed by atoms with Gasteiger partial charge in [-0.15, -0.1) is 0 Å². The zero-order valence-electron chi connectivity index (χ0n) is 24.5. The second-order valence-electron chi connectivity index (χ2n) is 12.1. The van der Waals surface area contributed by atoms with Gasteiger partial charge in [-0.25, -0.2) is 4.98 Å². The third kappa shape index (κ3) is 7.41. The number of carboxylic acid groups (broad SMARTS) is 1. The first-order chi connectivity index (χ1) is 20.3. The molecule has 2 N–H and O–H groups in total. The van der Waals surface area contributed by atoms with E-state index in [0.29, 0.717) is 36.4 Å². The summed E-state index contributed by atoms with van der Waals surface area (Å²) >= 11 is 0. The third-order valence-corrected chi connectivity index (χ3v) is 8.24. The number of aliphatic carboxylic acids is 1. The number of ether oxygens (including phenoxy) is 1. The fraction of sp³-hybridized carbons (Fsp3) is 0.441. The van der Waals surface area contributed by atoms with E-state index in [1.165, 1.54) is 0 Å². The Labute approximate surface area is 248 Å². The Morgan fingerprint density at radius 2 is 1.81 bits per heavy atom. The fourth-order valence-electron chi connectivity index (χ4n) is 5.90. The Morgan fingerprint density at radius 3 is 2.48 bits per heavy atom.